The predicted octanol–water partition coefficient (Wildman–Crippen LogP) is 5.20. The van der Waals surface area contributed by atoms with Crippen molar-refractivity contribution in [3.63, 3.8) is 0 Å². The summed E-state index contributed by atoms with van der Waals surface area (Å²) in [6, 6.07) is 11.5. The second-order valence-electron chi connectivity index (χ2n) is 7.42. The van der Waals surface area contributed by atoms with Crippen LogP contribution in [0, 0.1) is 5.92 Å². The van der Waals surface area contributed by atoms with E-state index >= 15 is 0 Å². The highest BCUT2D eigenvalue weighted by atomic mass is 32.1. The van der Waals surface area contributed by atoms with Crippen LogP contribution in [0.3, 0.4) is 0 Å². The van der Waals surface area contributed by atoms with Crippen LogP contribution in [-0.4, -0.2) is 22.0 Å². The molecule has 6 nitrogen and oxygen atoms in total. The van der Waals surface area contributed by atoms with Crippen molar-refractivity contribution >= 4 is 44.7 Å². The van der Waals surface area contributed by atoms with Crippen LogP contribution < -0.4 is 10.6 Å². The molecule has 1 aliphatic rings. The molecule has 1 aliphatic carbocycles. The molecular weight excluding hydrogens is 384 g/mol. The summed E-state index contributed by atoms with van der Waals surface area (Å²) in [7, 11) is 0. The van der Waals surface area contributed by atoms with Gasteiger partial charge in [0.1, 0.15) is 5.01 Å². The number of hydrogen-bond donors (Lipinski definition) is 2. The SMILES string of the molecule is CCC(CC)c1nnc(NC(=O)c2cc3ccccc3cc2NC(=O)C2CC2)s1. The van der Waals surface area contributed by atoms with Crippen LogP contribution in [-0.2, 0) is 4.79 Å². The number of benzene rings is 2. The van der Waals surface area contributed by atoms with E-state index in [-0.39, 0.29) is 17.7 Å². The molecule has 1 saturated carbocycles. The molecule has 1 fully saturated rings. The van der Waals surface area contributed by atoms with E-state index in [1.54, 1.807) is 0 Å². The average molecular weight is 409 g/mol. The molecule has 3 aromatic rings. The van der Waals surface area contributed by atoms with Crippen molar-refractivity contribution in [1.29, 1.82) is 0 Å². The molecule has 0 saturated heterocycles. The minimum absolute atomic E-state index is 0.0266. The van der Waals surface area contributed by atoms with Gasteiger partial charge in [0.25, 0.3) is 5.91 Å². The summed E-state index contributed by atoms with van der Waals surface area (Å²) in [5.74, 6) is 0.0886. The Morgan fingerprint density at radius 3 is 2.41 bits per heavy atom. The first-order chi connectivity index (χ1) is 14.1. The van der Waals surface area contributed by atoms with Gasteiger partial charge in [-0.25, -0.2) is 0 Å². The molecule has 0 aliphatic heterocycles. The fourth-order valence-corrected chi connectivity index (χ4v) is 4.37. The summed E-state index contributed by atoms with van der Waals surface area (Å²) in [6.07, 6.45) is 3.79. The molecule has 2 aromatic carbocycles. The third-order valence-electron chi connectivity index (χ3n) is 5.33. The molecule has 1 aromatic heterocycles. The van der Waals surface area contributed by atoms with Crippen LogP contribution in [0.25, 0.3) is 10.8 Å². The van der Waals surface area contributed by atoms with Gasteiger partial charge < -0.3 is 5.32 Å². The summed E-state index contributed by atoms with van der Waals surface area (Å²) in [6.45, 7) is 4.25. The van der Waals surface area contributed by atoms with E-state index < -0.39 is 0 Å². The van der Waals surface area contributed by atoms with Crippen LogP contribution >= 0.6 is 11.3 Å². The van der Waals surface area contributed by atoms with E-state index in [4.69, 9.17) is 0 Å². The maximum Gasteiger partial charge on any atom is 0.259 e. The third-order valence-corrected chi connectivity index (χ3v) is 6.33. The lowest BCUT2D eigenvalue weighted by atomic mass is 10.0. The van der Waals surface area contributed by atoms with Crippen molar-refractivity contribution in [2.24, 2.45) is 5.92 Å². The Morgan fingerprint density at radius 1 is 1.07 bits per heavy atom. The average Bonchev–Trinajstić information content (AvgIpc) is 3.49. The van der Waals surface area contributed by atoms with Crippen molar-refractivity contribution in [3.8, 4) is 0 Å². The first-order valence-electron chi connectivity index (χ1n) is 10.1. The summed E-state index contributed by atoms with van der Waals surface area (Å²) in [4.78, 5) is 25.4. The zero-order valence-corrected chi connectivity index (χ0v) is 17.4. The van der Waals surface area contributed by atoms with Gasteiger partial charge in [-0.1, -0.05) is 49.4 Å². The Labute approximate surface area is 173 Å². The van der Waals surface area contributed by atoms with E-state index in [1.165, 1.54) is 11.3 Å². The van der Waals surface area contributed by atoms with Crippen LogP contribution in [0.1, 0.15) is 60.8 Å². The van der Waals surface area contributed by atoms with Gasteiger partial charge in [-0.05, 0) is 48.6 Å². The molecule has 29 heavy (non-hydrogen) atoms. The zero-order chi connectivity index (χ0) is 20.4. The lowest BCUT2D eigenvalue weighted by molar-refractivity contribution is -0.117. The van der Waals surface area contributed by atoms with Gasteiger partial charge in [0.2, 0.25) is 11.0 Å². The molecule has 0 atom stereocenters. The molecule has 0 radical (unpaired) electrons. The molecule has 1 heterocycles. The Bertz CT molecular complexity index is 1050. The molecule has 150 valence electrons. The Hall–Kier alpha value is -2.80. The minimum Gasteiger partial charge on any atom is -0.325 e. The fourth-order valence-electron chi connectivity index (χ4n) is 3.36. The van der Waals surface area contributed by atoms with Crippen molar-refractivity contribution < 1.29 is 9.59 Å². The summed E-state index contributed by atoms with van der Waals surface area (Å²) < 4.78 is 0. The van der Waals surface area contributed by atoms with E-state index in [1.807, 2.05) is 36.4 Å². The monoisotopic (exact) mass is 408 g/mol. The summed E-state index contributed by atoms with van der Waals surface area (Å²) >= 11 is 1.41. The number of fused-ring (bicyclic) bond motifs is 1. The van der Waals surface area contributed by atoms with Crippen LogP contribution in [0.15, 0.2) is 36.4 Å². The normalized spacial score (nSPS) is 13.6. The minimum atomic E-state index is -0.297. The number of carbonyl (C=O) groups excluding carboxylic acids is 2. The number of anilines is 2. The number of nitrogens with zero attached hydrogens (tertiary/aromatic N) is 2. The molecule has 0 bridgehead atoms. The second-order valence-corrected chi connectivity index (χ2v) is 8.43. The van der Waals surface area contributed by atoms with Gasteiger partial charge in [0, 0.05) is 11.8 Å². The molecule has 7 heteroatoms. The standard InChI is InChI=1S/C22H24N4O2S/c1-3-13(4-2)21-25-26-22(29-21)24-20(28)17-11-15-7-5-6-8-16(15)12-18(17)23-19(27)14-9-10-14/h5-8,11-14H,3-4,9-10H2,1-2H3,(H,23,27)(H,24,26,28). The predicted molar refractivity (Wildman–Crippen MR) is 116 cm³/mol. The van der Waals surface area contributed by atoms with Crippen LogP contribution in [0.4, 0.5) is 10.8 Å². The number of nitrogens with one attached hydrogen (secondary N) is 2. The second kappa shape index (κ2) is 8.29. The fraction of sp³-hybridized carbons (Fsp3) is 0.364. The highest BCUT2D eigenvalue weighted by Gasteiger charge is 2.30. The van der Waals surface area contributed by atoms with Crippen molar-refractivity contribution in [2.45, 2.75) is 45.4 Å². The van der Waals surface area contributed by atoms with E-state index in [9.17, 15) is 9.59 Å². The smallest absolute Gasteiger partial charge is 0.259 e. The van der Waals surface area contributed by atoms with Crippen LogP contribution in [0.2, 0.25) is 0 Å². The Balaban J connectivity index is 1.62. The number of hydrogen-bond acceptors (Lipinski definition) is 5. The maximum atomic E-state index is 13.0. The van der Waals surface area contributed by atoms with Crippen molar-refractivity contribution in [1.82, 2.24) is 10.2 Å². The van der Waals surface area contributed by atoms with E-state index in [2.05, 4.69) is 34.7 Å². The first-order valence-corrected chi connectivity index (χ1v) is 10.9. The Kier molecular flexibility index (Phi) is 5.58. The van der Waals surface area contributed by atoms with E-state index in [0.29, 0.717) is 22.3 Å². The van der Waals surface area contributed by atoms with Gasteiger partial charge >= 0.3 is 0 Å². The quantitative estimate of drug-likeness (QED) is 0.563. The number of carbonyl (C=O) groups is 2. The van der Waals surface area contributed by atoms with Gasteiger partial charge in [0.05, 0.1) is 11.3 Å². The largest absolute Gasteiger partial charge is 0.325 e. The van der Waals surface area contributed by atoms with Gasteiger partial charge in [-0.15, -0.1) is 10.2 Å². The number of amides is 2. The number of aromatic nitrogens is 2. The lowest BCUT2D eigenvalue weighted by Gasteiger charge is -2.12. The third kappa shape index (κ3) is 4.29. The molecule has 4 rings (SSSR count). The topological polar surface area (TPSA) is 84.0 Å². The zero-order valence-electron chi connectivity index (χ0n) is 16.6. The van der Waals surface area contributed by atoms with Gasteiger partial charge in [-0.2, -0.15) is 0 Å². The maximum absolute atomic E-state index is 13.0. The summed E-state index contributed by atoms with van der Waals surface area (Å²) in [5, 5.41) is 17.5. The molecule has 2 amide bonds. The van der Waals surface area contributed by atoms with Gasteiger partial charge in [-0.3, -0.25) is 14.9 Å². The molecular formula is C22H24N4O2S. The molecule has 2 N–H and O–H groups in total. The van der Waals surface area contributed by atoms with Gasteiger partial charge in [0.15, 0.2) is 0 Å². The highest BCUT2D eigenvalue weighted by Crippen LogP contribution is 2.33. The lowest BCUT2D eigenvalue weighted by Crippen LogP contribution is -2.19. The highest BCUT2D eigenvalue weighted by molar-refractivity contribution is 7.15. The van der Waals surface area contributed by atoms with Crippen molar-refractivity contribution in [3.05, 3.63) is 47.0 Å². The summed E-state index contributed by atoms with van der Waals surface area (Å²) in [5.41, 5.74) is 0.958. The molecule has 0 spiro atoms. The van der Waals surface area contributed by atoms with Crippen LogP contribution in [0.5, 0.6) is 0 Å². The van der Waals surface area contributed by atoms with E-state index in [0.717, 1.165) is 41.5 Å². The first kappa shape index (κ1) is 19.5. The molecule has 0 unspecified atom stereocenters. The van der Waals surface area contributed by atoms with Crippen molar-refractivity contribution in [2.75, 3.05) is 10.6 Å². The number of rotatable bonds is 7. The Morgan fingerprint density at radius 2 is 1.76 bits per heavy atom.